The summed E-state index contributed by atoms with van der Waals surface area (Å²) in [5.41, 5.74) is 0.470. The molecule has 0 aromatic carbocycles. The van der Waals surface area contributed by atoms with Gasteiger partial charge >= 0.3 is 0 Å². The van der Waals surface area contributed by atoms with Crippen LogP contribution in [0.15, 0.2) is 24.4 Å². The van der Waals surface area contributed by atoms with E-state index in [1.807, 2.05) is 6.92 Å². The number of anilines is 3. The van der Waals surface area contributed by atoms with Gasteiger partial charge in [-0.1, -0.05) is 0 Å². The molecule has 9 heteroatoms. The van der Waals surface area contributed by atoms with Gasteiger partial charge in [0.25, 0.3) is 5.91 Å². The molecule has 0 bridgehead atoms. The fourth-order valence-electron chi connectivity index (χ4n) is 2.31. The highest BCUT2D eigenvalue weighted by Crippen LogP contribution is 2.31. The number of rotatable bonds is 7. The van der Waals surface area contributed by atoms with E-state index in [2.05, 4.69) is 31.1 Å². The summed E-state index contributed by atoms with van der Waals surface area (Å²) < 4.78 is 5.27. The number of hydrogen-bond acceptors (Lipinski definition) is 7. The second-order valence-corrected chi connectivity index (χ2v) is 5.79. The highest BCUT2D eigenvalue weighted by atomic mass is 16.5. The van der Waals surface area contributed by atoms with Gasteiger partial charge in [0.05, 0.1) is 12.8 Å². The molecule has 0 spiro atoms. The minimum Gasteiger partial charge on any atom is -0.493 e. The summed E-state index contributed by atoms with van der Waals surface area (Å²) in [6.07, 6.45) is 3.36. The number of carbonyl (C=O) groups excluding carboxylic acids is 2. The maximum Gasteiger partial charge on any atom is 0.273 e. The lowest BCUT2D eigenvalue weighted by atomic mass is 10.2. The Bertz CT molecular complexity index is 822. The Morgan fingerprint density at radius 1 is 1.31 bits per heavy atom. The second-order valence-electron chi connectivity index (χ2n) is 5.79. The van der Waals surface area contributed by atoms with Gasteiger partial charge in [0.1, 0.15) is 0 Å². The number of ether oxygens (including phenoxy) is 1. The third-order valence-electron chi connectivity index (χ3n) is 3.79. The normalized spacial score (nSPS) is 13.0. The Balaban J connectivity index is 1.92. The van der Waals surface area contributed by atoms with Crippen molar-refractivity contribution >= 4 is 29.1 Å². The zero-order valence-electron chi connectivity index (χ0n) is 14.6. The van der Waals surface area contributed by atoms with Crippen LogP contribution < -0.4 is 20.7 Å². The van der Waals surface area contributed by atoms with Crippen LogP contribution in [0.4, 0.5) is 17.3 Å². The molecule has 1 aliphatic rings. The highest BCUT2D eigenvalue weighted by molar-refractivity contribution is 5.99. The monoisotopic (exact) mass is 356 g/mol. The Morgan fingerprint density at radius 2 is 2.12 bits per heavy atom. The number of aromatic nitrogens is 3. The van der Waals surface area contributed by atoms with Crippen molar-refractivity contribution in [1.82, 2.24) is 20.5 Å². The minimum atomic E-state index is -0.377. The Morgan fingerprint density at radius 3 is 2.81 bits per heavy atom. The summed E-state index contributed by atoms with van der Waals surface area (Å²) in [5, 5.41) is 16.4. The Kier molecular flexibility index (Phi) is 5.26. The molecule has 9 nitrogen and oxygen atoms in total. The molecule has 0 unspecified atom stereocenters. The standard InChI is InChI=1S/C17H20N6O3/c1-3-18-17(25)14-11(20-15-12(26-2)5-4-8-19-15)9-13(22-23-14)21-16(24)10-6-7-10/h4-5,8-10H,3,6-7H2,1-2H3,(H,18,25)(H2,19,20,21,22,24). The summed E-state index contributed by atoms with van der Waals surface area (Å²) in [5.74, 6) is 0.770. The summed E-state index contributed by atoms with van der Waals surface area (Å²) in [7, 11) is 1.53. The zero-order chi connectivity index (χ0) is 18.5. The number of nitrogens with one attached hydrogen (secondary N) is 3. The van der Waals surface area contributed by atoms with E-state index in [1.54, 1.807) is 24.4 Å². The molecule has 0 radical (unpaired) electrons. The van der Waals surface area contributed by atoms with Crippen molar-refractivity contribution in [3.05, 3.63) is 30.1 Å². The molecular weight excluding hydrogens is 336 g/mol. The van der Waals surface area contributed by atoms with Crippen LogP contribution in [0, 0.1) is 5.92 Å². The van der Waals surface area contributed by atoms with Crippen LogP contribution >= 0.6 is 0 Å². The quantitative estimate of drug-likeness (QED) is 0.691. The van der Waals surface area contributed by atoms with Crippen molar-refractivity contribution in [3.63, 3.8) is 0 Å². The molecule has 26 heavy (non-hydrogen) atoms. The lowest BCUT2D eigenvalue weighted by Gasteiger charge is -2.13. The maximum absolute atomic E-state index is 12.3. The number of methoxy groups -OCH3 is 1. The van der Waals surface area contributed by atoms with Crippen LogP contribution in [0.1, 0.15) is 30.3 Å². The van der Waals surface area contributed by atoms with Gasteiger partial charge in [-0.15, -0.1) is 10.2 Å². The van der Waals surface area contributed by atoms with E-state index in [4.69, 9.17) is 4.74 Å². The molecule has 2 heterocycles. The van der Waals surface area contributed by atoms with E-state index in [0.717, 1.165) is 12.8 Å². The predicted molar refractivity (Wildman–Crippen MR) is 95.5 cm³/mol. The first kappa shape index (κ1) is 17.6. The van der Waals surface area contributed by atoms with Crippen LogP contribution in [-0.4, -0.2) is 40.7 Å². The second kappa shape index (κ2) is 7.77. The molecular formula is C17H20N6O3. The molecule has 1 aliphatic carbocycles. The summed E-state index contributed by atoms with van der Waals surface area (Å²) in [6, 6.07) is 5.04. The first-order valence-corrected chi connectivity index (χ1v) is 8.35. The lowest BCUT2D eigenvalue weighted by molar-refractivity contribution is -0.117. The molecule has 0 aliphatic heterocycles. The lowest BCUT2D eigenvalue weighted by Crippen LogP contribution is -2.25. The van der Waals surface area contributed by atoms with Gasteiger partial charge in [0.2, 0.25) is 5.91 Å². The van der Waals surface area contributed by atoms with Gasteiger partial charge in [-0.05, 0) is 31.9 Å². The largest absolute Gasteiger partial charge is 0.493 e. The Labute approximate surface area is 150 Å². The molecule has 2 amide bonds. The van der Waals surface area contributed by atoms with Gasteiger partial charge in [0.15, 0.2) is 23.1 Å². The highest BCUT2D eigenvalue weighted by Gasteiger charge is 2.30. The minimum absolute atomic E-state index is 0.0344. The van der Waals surface area contributed by atoms with Gasteiger partial charge in [-0.25, -0.2) is 4.98 Å². The van der Waals surface area contributed by atoms with Crippen molar-refractivity contribution in [1.29, 1.82) is 0 Å². The number of amides is 2. The van der Waals surface area contributed by atoms with Crippen molar-refractivity contribution in [2.75, 3.05) is 24.3 Å². The van der Waals surface area contributed by atoms with E-state index in [0.29, 0.717) is 23.8 Å². The number of hydrogen-bond donors (Lipinski definition) is 3. The number of carbonyl (C=O) groups is 2. The topological polar surface area (TPSA) is 118 Å². The maximum atomic E-state index is 12.3. The average molecular weight is 356 g/mol. The first-order chi connectivity index (χ1) is 12.6. The van der Waals surface area contributed by atoms with Gasteiger partial charge in [0, 0.05) is 24.7 Å². The summed E-state index contributed by atoms with van der Waals surface area (Å²) >= 11 is 0. The third-order valence-corrected chi connectivity index (χ3v) is 3.79. The Hall–Kier alpha value is -3.23. The van der Waals surface area contributed by atoms with Crippen molar-refractivity contribution < 1.29 is 14.3 Å². The fraction of sp³-hybridized carbons (Fsp3) is 0.353. The first-order valence-electron chi connectivity index (χ1n) is 8.35. The number of pyridine rings is 1. The summed E-state index contributed by atoms with van der Waals surface area (Å²) in [6.45, 7) is 2.26. The molecule has 2 aromatic heterocycles. The summed E-state index contributed by atoms with van der Waals surface area (Å²) in [4.78, 5) is 28.4. The zero-order valence-corrected chi connectivity index (χ0v) is 14.6. The van der Waals surface area contributed by atoms with Gasteiger partial charge < -0.3 is 20.7 Å². The van der Waals surface area contributed by atoms with Crippen molar-refractivity contribution in [2.24, 2.45) is 5.92 Å². The van der Waals surface area contributed by atoms with Crippen LogP contribution in [0.25, 0.3) is 0 Å². The van der Waals surface area contributed by atoms with Crippen LogP contribution in [-0.2, 0) is 4.79 Å². The van der Waals surface area contributed by atoms with Crippen LogP contribution in [0.3, 0.4) is 0 Å². The molecule has 0 atom stereocenters. The van der Waals surface area contributed by atoms with Crippen molar-refractivity contribution in [3.8, 4) is 5.75 Å². The van der Waals surface area contributed by atoms with E-state index in [1.165, 1.54) is 7.11 Å². The molecule has 136 valence electrons. The van der Waals surface area contributed by atoms with E-state index < -0.39 is 0 Å². The number of nitrogens with zero attached hydrogens (tertiary/aromatic N) is 3. The van der Waals surface area contributed by atoms with Crippen LogP contribution in [0.5, 0.6) is 5.75 Å². The molecule has 1 fully saturated rings. The van der Waals surface area contributed by atoms with E-state index in [9.17, 15) is 9.59 Å². The fourth-order valence-corrected chi connectivity index (χ4v) is 2.31. The average Bonchev–Trinajstić information content (AvgIpc) is 3.48. The van der Waals surface area contributed by atoms with E-state index in [-0.39, 0.29) is 29.2 Å². The third kappa shape index (κ3) is 4.05. The van der Waals surface area contributed by atoms with Crippen molar-refractivity contribution in [2.45, 2.75) is 19.8 Å². The molecule has 3 N–H and O–H groups in total. The molecule has 3 rings (SSSR count). The molecule has 1 saturated carbocycles. The molecule has 2 aromatic rings. The van der Waals surface area contributed by atoms with Gasteiger partial charge in [-0.2, -0.15) is 0 Å². The van der Waals surface area contributed by atoms with Gasteiger partial charge in [-0.3, -0.25) is 9.59 Å². The smallest absolute Gasteiger partial charge is 0.273 e. The predicted octanol–water partition coefficient (Wildman–Crippen LogP) is 1.72. The van der Waals surface area contributed by atoms with Crippen LogP contribution in [0.2, 0.25) is 0 Å². The SMILES string of the molecule is CCNC(=O)c1nnc(NC(=O)C2CC2)cc1Nc1ncccc1OC. The molecule has 0 saturated heterocycles. The van der Waals surface area contributed by atoms with E-state index >= 15 is 0 Å².